The monoisotopic (exact) mass is 256 g/mol. The van der Waals surface area contributed by atoms with Gasteiger partial charge in [0.05, 0.1) is 12.1 Å². The molecule has 0 aromatic rings. The molecule has 1 aliphatic rings. The highest BCUT2D eigenvalue weighted by Gasteiger charge is 2.32. The van der Waals surface area contributed by atoms with Gasteiger partial charge in [0.25, 0.3) is 0 Å². The van der Waals surface area contributed by atoms with Gasteiger partial charge in [0.1, 0.15) is 0 Å². The first-order valence-electron chi connectivity index (χ1n) is 7.11. The highest BCUT2D eigenvalue weighted by atomic mass is 16.3. The smallest absolute Gasteiger partial charge is 0.233 e. The average molecular weight is 256 g/mol. The Morgan fingerprint density at radius 1 is 1.50 bits per heavy atom. The number of rotatable bonds is 6. The number of aliphatic hydroxyl groups is 1. The van der Waals surface area contributed by atoms with Crippen molar-refractivity contribution in [3.05, 3.63) is 0 Å². The predicted octanol–water partition coefficient (Wildman–Crippen LogP) is 1.29. The molecule has 0 bridgehead atoms. The van der Waals surface area contributed by atoms with Crippen LogP contribution in [0.5, 0.6) is 0 Å². The van der Waals surface area contributed by atoms with Crippen molar-refractivity contribution in [2.75, 3.05) is 19.6 Å². The summed E-state index contributed by atoms with van der Waals surface area (Å²) in [6.45, 7) is 7.84. The lowest BCUT2D eigenvalue weighted by Gasteiger charge is -2.35. The van der Waals surface area contributed by atoms with Crippen molar-refractivity contribution in [2.45, 2.75) is 52.1 Å². The molecule has 1 rings (SSSR count). The molecule has 0 saturated heterocycles. The summed E-state index contributed by atoms with van der Waals surface area (Å²) in [6, 6.07) is 0. The van der Waals surface area contributed by atoms with Crippen molar-refractivity contribution in [2.24, 2.45) is 11.8 Å². The Balaban J connectivity index is 2.18. The molecule has 2 atom stereocenters. The summed E-state index contributed by atoms with van der Waals surface area (Å²) in [5.74, 6) is 1.06. The van der Waals surface area contributed by atoms with Crippen LogP contribution in [0.3, 0.4) is 0 Å². The lowest BCUT2D eigenvalue weighted by Crippen LogP contribution is -2.46. The molecule has 1 aliphatic carbocycles. The second-order valence-electron chi connectivity index (χ2n) is 6.23. The van der Waals surface area contributed by atoms with E-state index in [4.69, 9.17) is 0 Å². The Labute approximate surface area is 111 Å². The summed E-state index contributed by atoms with van der Waals surface area (Å²) < 4.78 is 0. The second-order valence-corrected chi connectivity index (χ2v) is 6.23. The van der Waals surface area contributed by atoms with Crippen molar-refractivity contribution in [1.82, 2.24) is 10.6 Å². The van der Waals surface area contributed by atoms with Crippen LogP contribution in [0.2, 0.25) is 0 Å². The maximum Gasteiger partial charge on any atom is 0.233 e. The van der Waals surface area contributed by atoms with E-state index in [1.165, 1.54) is 6.42 Å². The Kier molecular flexibility index (Phi) is 6.09. The number of hydrogen-bond donors (Lipinski definition) is 3. The Morgan fingerprint density at radius 3 is 2.83 bits per heavy atom. The predicted molar refractivity (Wildman–Crippen MR) is 73.3 cm³/mol. The normalized spacial score (nSPS) is 28.4. The van der Waals surface area contributed by atoms with E-state index in [9.17, 15) is 9.90 Å². The topological polar surface area (TPSA) is 61.4 Å². The van der Waals surface area contributed by atoms with Gasteiger partial charge in [0.15, 0.2) is 0 Å². The van der Waals surface area contributed by atoms with Crippen LogP contribution in [0.25, 0.3) is 0 Å². The van der Waals surface area contributed by atoms with Gasteiger partial charge in [-0.05, 0) is 24.7 Å². The van der Waals surface area contributed by atoms with Gasteiger partial charge in [-0.2, -0.15) is 0 Å². The van der Waals surface area contributed by atoms with Gasteiger partial charge < -0.3 is 15.7 Å². The summed E-state index contributed by atoms with van der Waals surface area (Å²) in [5.41, 5.74) is -0.615. The first kappa shape index (κ1) is 15.4. The van der Waals surface area contributed by atoms with Crippen LogP contribution >= 0.6 is 0 Å². The standard InChI is InChI=1S/C14H28N2O2/c1-11(2)8-16-13(17)9-15-10-14(18)6-4-5-12(3)7-14/h11-12,15,18H,4-10H2,1-3H3,(H,16,17). The molecular formula is C14H28N2O2. The molecule has 4 heteroatoms. The zero-order chi connectivity index (χ0) is 13.6. The lowest BCUT2D eigenvalue weighted by atomic mass is 9.79. The SMILES string of the molecule is CC(C)CNC(=O)CNCC1(O)CCCC(C)C1. The molecule has 1 fully saturated rings. The van der Waals surface area contributed by atoms with Gasteiger partial charge >= 0.3 is 0 Å². The molecule has 4 nitrogen and oxygen atoms in total. The van der Waals surface area contributed by atoms with E-state index >= 15 is 0 Å². The van der Waals surface area contributed by atoms with Crippen LogP contribution in [-0.2, 0) is 4.79 Å². The Morgan fingerprint density at radius 2 is 2.22 bits per heavy atom. The minimum Gasteiger partial charge on any atom is -0.389 e. The second kappa shape index (κ2) is 7.10. The first-order valence-corrected chi connectivity index (χ1v) is 7.11. The third-order valence-electron chi connectivity index (χ3n) is 3.51. The maximum atomic E-state index is 11.5. The Bertz CT molecular complexity index is 269. The molecule has 0 aromatic carbocycles. The summed E-state index contributed by atoms with van der Waals surface area (Å²) in [4.78, 5) is 11.5. The third-order valence-corrected chi connectivity index (χ3v) is 3.51. The first-order chi connectivity index (χ1) is 8.41. The van der Waals surface area contributed by atoms with Crippen molar-refractivity contribution in [1.29, 1.82) is 0 Å². The highest BCUT2D eigenvalue weighted by molar-refractivity contribution is 5.77. The van der Waals surface area contributed by atoms with Crippen LogP contribution in [0.15, 0.2) is 0 Å². The van der Waals surface area contributed by atoms with Crippen LogP contribution in [0.1, 0.15) is 46.5 Å². The fraction of sp³-hybridized carbons (Fsp3) is 0.929. The van der Waals surface area contributed by atoms with E-state index in [2.05, 4.69) is 31.4 Å². The van der Waals surface area contributed by atoms with Gasteiger partial charge in [-0.3, -0.25) is 4.79 Å². The van der Waals surface area contributed by atoms with Crippen molar-refractivity contribution >= 4 is 5.91 Å². The molecule has 106 valence electrons. The van der Waals surface area contributed by atoms with E-state index in [0.717, 1.165) is 19.3 Å². The Hall–Kier alpha value is -0.610. The number of hydrogen-bond acceptors (Lipinski definition) is 3. The summed E-state index contributed by atoms with van der Waals surface area (Å²) in [7, 11) is 0. The van der Waals surface area contributed by atoms with Crippen molar-refractivity contribution in [3.8, 4) is 0 Å². The van der Waals surface area contributed by atoms with E-state index < -0.39 is 5.60 Å². The summed E-state index contributed by atoms with van der Waals surface area (Å²) >= 11 is 0. The average Bonchev–Trinajstić information content (AvgIpc) is 2.25. The minimum atomic E-state index is -0.615. The fourth-order valence-electron chi connectivity index (χ4n) is 2.58. The molecule has 0 aliphatic heterocycles. The van der Waals surface area contributed by atoms with Crippen molar-refractivity contribution < 1.29 is 9.90 Å². The van der Waals surface area contributed by atoms with Gasteiger partial charge in [-0.15, -0.1) is 0 Å². The fourth-order valence-corrected chi connectivity index (χ4v) is 2.58. The third kappa shape index (κ3) is 5.83. The minimum absolute atomic E-state index is 0.0103. The van der Waals surface area contributed by atoms with E-state index in [1.54, 1.807) is 0 Å². The number of carbonyl (C=O) groups excluding carboxylic acids is 1. The molecule has 1 saturated carbocycles. The molecule has 0 radical (unpaired) electrons. The van der Waals surface area contributed by atoms with Crippen LogP contribution in [-0.4, -0.2) is 36.2 Å². The molecular weight excluding hydrogens is 228 g/mol. The van der Waals surface area contributed by atoms with E-state index in [-0.39, 0.29) is 5.91 Å². The van der Waals surface area contributed by atoms with E-state index in [0.29, 0.717) is 31.5 Å². The van der Waals surface area contributed by atoms with Gasteiger partial charge in [0.2, 0.25) is 5.91 Å². The van der Waals surface area contributed by atoms with Gasteiger partial charge in [-0.1, -0.05) is 33.6 Å². The molecule has 0 aromatic heterocycles. The van der Waals surface area contributed by atoms with Crippen molar-refractivity contribution in [3.63, 3.8) is 0 Å². The van der Waals surface area contributed by atoms with Crippen LogP contribution < -0.4 is 10.6 Å². The highest BCUT2D eigenvalue weighted by Crippen LogP contribution is 2.31. The number of amides is 1. The maximum absolute atomic E-state index is 11.5. The molecule has 0 heterocycles. The largest absolute Gasteiger partial charge is 0.389 e. The number of carbonyl (C=O) groups is 1. The molecule has 1 amide bonds. The molecule has 2 unspecified atom stereocenters. The lowest BCUT2D eigenvalue weighted by molar-refractivity contribution is -0.120. The summed E-state index contributed by atoms with van der Waals surface area (Å²) in [5, 5.41) is 16.3. The van der Waals surface area contributed by atoms with Gasteiger partial charge in [-0.25, -0.2) is 0 Å². The zero-order valence-corrected chi connectivity index (χ0v) is 12.0. The van der Waals surface area contributed by atoms with Gasteiger partial charge in [0, 0.05) is 13.1 Å². The number of nitrogens with one attached hydrogen (secondary N) is 2. The quantitative estimate of drug-likeness (QED) is 0.671. The molecule has 18 heavy (non-hydrogen) atoms. The molecule has 0 spiro atoms. The van der Waals surface area contributed by atoms with E-state index in [1.807, 2.05) is 0 Å². The van der Waals surface area contributed by atoms with Crippen LogP contribution in [0.4, 0.5) is 0 Å². The molecule has 3 N–H and O–H groups in total. The summed E-state index contributed by atoms with van der Waals surface area (Å²) in [6.07, 6.45) is 3.97. The van der Waals surface area contributed by atoms with Crippen LogP contribution in [0, 0.1) is 11.8 Å². The zero-order valence-electron chi connectivity index (χ0n) is 12.0.